The van der Waals surface area contributed by atoms with Gasteiger partial charge in [0.15, 0.2) is 0 Å². The first-order valence-corrected chi connectivity index (χ1v) is 8.26. The Hall–Kier alpha value is -1.32. The second kappa shape index (κ2) is 5.76. The van der Waals surface area contributed by atoms with Crippen molar-refractivity contribution in [3.63, 3.8) is 0 Å². The van der Waals surface area contributed by atoms with E-state index in [1.807, 2.05) is 17.8 Å². The summed E-state index contributed by atoms with van der Waals surface area (Å²) in [7, 11) is 0. The molecule has 0 saturated carbocycles. The van der Waals surface area contributed by atoms with E-state index < -0.39 is 0 Å². The fourth-order valence-electron chi connectivity index (χ4n) is 1.94. The van der Waals surface area contributed by atoms with E-state index >= 15 is 0 Å². The van der Waals surface area contributed by atoms with Gasteiger partial charge in [-0.15, -0.1) is 23.1 Å². The van der Waals surface area contributed by atoms with Crippen molar-refractivity contribution in [2.24, 2.45) is 0 Å². The van der Waals surface area contributed by atoms with Crippen LogP contribution < -0.4 is 0 Å². The zero-order valence-corrected chi connectivity index (χ0v) is 12.4. The van der Waals surface area contributed by atoms with Gasteiger partial charge in [-0.3, -0.25) is 0 Å². The van der Waals surface area contributed by atoms with E-state index in [1.165, 1.54) is 27.3 Å². The van der Waals surface area contributed by atoms with Crippen molar-refractivity contribution in [2.75, 3.05) is 5.75 Å². The Morgan fingerprint density at radius 3 is 2.74 bits per heavy atom. The van der Waals surface area contributed by atoms with Crippen LogP contribution in [0.2, 0.25) is 0 Å². The lowest BCUT2D eigenvalue weighted by Gasteiger charge is -1.99. The molecule has 0 radical (unpaired) electrons. The SMILES string of the molecule is CCCSc1cc2ccc(-c3ccccc3)nc2s1. The van der Waals surface area contributed by atoms with Gasteiger partial charge >= 0.3 is 0 Å². The smallest absolute Gasteiger partial charge is 0.125 e. The molecule has 0 atom stereocenters. The number of thioether (sulfide) groups is 1. The molecular weight excluding hydrogens is 270 g/mol. The van der Waals surface area contributed by atoms with Crippen LogP contribution in [0.3, 0.4) is 0 Å². The number of benzene rings is 1. The molecule has 0 bridgehead atoms. The van der Waals surface area contributed by atoms with Crippen LogP contribution in [-0.2, 0) is 0 Å². The van der Waals surface area contributed by atoms with Crippen LogP contribution in [0.15, 0.2) is 52.7 Å². The lowest BCUT2D eigenvalue weighted by atomic mass is 10.1. The standard InChI is InChI=1S/C16H15NS2/c1-2-10-18-15-11-13-8-9-14(17-16(13)19-15)12-6-4-3-5-7-12/h3-9,11H,2,10H2,1H3. The zero-order chi connectivity index (χ0) is 13.1. The number of hydrogen-bond donors (Lipinski definition) is 0. The lowest BCUT2D eigenvalue weighted by molar-refractivity contribution is 1.11. The molecule has 0 N–H and O–H groups in total. The molecule has 0 aliphatic carbocycles. The van der Waals surface area contributed by atoms with Crippen LogP contribution in [-0.4, -0.2) is 10.7 Å². The summed E-state index contributed by atoms with van der Waals surface area (Å²) in [4.78, 5) is 5.92. The van der Waals surface area contributed by atoms with Crippen LogP contribution in [0.25, 0.3) is 21.5 Å². The normalized spacial score (nSPS) is 11.0. The molecule has 19 heavy (non-hydrogen) atoms. The van der Waals surface area contributed by atoms with Gasteiger partial charge < -0.3 is 0 Å². The van der Waals surface area contributed by atoms with Gasteiger partial charge in [0.1, 0.15) is 4.83 Å². The van der Waals surface area contributed by atoms with Crippen molar-refractivity contribution in [2.45, 2.75) is 17.6 Å². The van der Waals surface area contributed by atoms with Gasteiger partial charge in [-0.25, -0.2) is 4.98 Å². The minimum atomic E-state index is 1.06. The highest BCUT2D eigenvalue weighted by molar-refractivity contribution is 8.01. The molecule has 0 saturated heterocycles. The Labute approximate surface area is 121 Å². The van der Waals surface area contributed by atoms with Crippen molar-refractivity contribution < 1.29 is 0 Å². The summed E-state index contributed by atoms with van der Waals surface area (Å²) >= 11 is 3.72. The molecule has 1 aromatic carbocycles. The van der Waals surface area contributed by atoms with Crippen LogP contribution in [0.1, 0.15) is 13.3 Å². The highest BCUT2D eigenvalue weighted by Gasteiger charge is 2.05. The van der Waals surface area contributed by atoms with Gasteiger partial charge in [-0.05, 0) is 30.4 Å². The topological polar surface area (TPSA) is 12.9 Å². The molecule has 0 aliphatic heterocycles. The Morgan fingerprint density at radius 2 is 1.95 bits per heavy atom. The number of rotatable bonds is 4. The summed E-state index contributed by atoms with van der Waals surface area (Å²) in [6.45, 7) is 2.21. The number of hydrogen-bond acceptors (Lipinski definition) is 3. The first-order valence-electron chi connectivity index (χ1n) is 6.45. The molecule has 2 aromatic heterocycles. The Morgan fingerprint density at radius 1 is 1.11 bits per heavy atom. The first kappa shape index (κ1) is 12.7. The predicted octanol–water partition coefficient (Wildman–Crippen LogP) is 5.47. The molecule has 0 spiro atoms. The van der Waals surface area contributed by atoms with Gasteiger partial charge in [-0.2, -0.15) is 0 Å². The van der Waals surface area contributed by atoms with E-state index in [0.717, 1.165) is 10.5 Å². The van der Waals surface area contributed by atoms with Gasteiger partial charge in [0, 0.05) is 10.9 Å². The Kier molecular flexibility index (Phi) is 3.85. The fourth-order valence-corrected chi connectivity index (χ4v) is 4.04. The van der Waals surface area contributed by atoms with Gasteiger partial charge in [-0.1, -0.05) is 37.3 Å². The van der Waals surface area contributed by atoms with E-state index in [4.69, 9.17) is 4.98 Å². The van der Waals surface area contributed by atoms with E-state index in [0.29, 0.717) is 0 Å². The van der Waals surface area contributed by atoms with E-state index in [-0.39, 0.29) is 0 Å². The van der Waals surface area contributed by atoms with Gasteiger partial charge in [0.25, 0.3) is 0 Å². The van der Waals surface area contributed by atoms with Crippen molar-refractivity contribution >= 4 is 33.3 Å². The summed E-state index contributed by atoms with van der Waals surface area (Å²) in [6.07, 6.45) is 1.21. The second-order valence-corrected chi connectivity index (χ2v) is 6.80. The Balaban J connectivity index is 1.97. The molecule has 1 nitrogen and oxygen atoms in total. The van der Waals surface area contributed by atoms with Crippen LogP contribution in [0.4, 0.5) is 0 Å². The largest absolute Gasteiger partial charge is 0.237 e. The van der Waals surface area contributed by atoms with E-state index in [2.05, 4.69) is 49.4 Å². The molecule has 3 heteroatoms. The predicted molar refractivity (Wildman–Crippen MR) is 86.1 cm³/mol. The number of thiophene rings is 1. The molecule has 0 fully saturated rings. The second-order valence-electron chi connectivity index (χ2n) is 4.37. The molecule has 0 amide bonds. The third-order valence-electron chi connectivity index (χ3n) is 2.88. The highest BCUT2D eigenvalue weighted by Crippen LogP contribution is 2.33. The molecule has 96 valence electrons. The lowest BCUT2D eigenvalue weighted by Crippen LogP contribution is -1.81. The number of pyridine rings is 1. The maximum atomic E-state index is 4.78. The Bertz CT molecular complexity index is 674. The molecule has 2 heterocycles. The summed E-state index contributed by atoms with van der Waals surface area (Å²) in [5.41, 5.74) is 2.24. The van der Waals surface area contributed by atoms with Crippen molar-refractivity contribution in [1.82, 2.24) is 4.98 Å². The molecular formula is C16H15NS2. The highest BCUT2D eigenvalue weighted by atomic mass is 32.2. The summed E-state index contributed by atoms with van der Waals surface area (Å²) in [5.74, 6) is 1.18. The maximum Gasteiger partial charge on any atom is 0.125 e. The fraction of sp³-hybridized carbons (Fsp3) is 0.188. The van der Waals surface area contributed by atoms with E-state index in [1.54, 1.807) is 11.3 Å². The monoisotopic (exact) mass is 285 g/mol. The quantitative estimate of drug-likeness (QED) is 0.590. The number of nitrogens with zero attached hydrogens (tertiary/aromatic N) is 1. The zero-order valence-electron chi connectivity index (χ0n) is 10.8. The van der Waals surface area contributed by atoms with E-state index in [9.17, 15) is 0 Å². The van der Waals surface area contributed by atoms with Crippen molar-refractivity contribution in [3.05, 3.63) is 48.5 Å². The van der Waals surface area contributed by atoms with Crippen LogP contribution in [0.5, 0.6) is 0 Å². The van der Waals surface area contributed by atoms with Crippen molar-refractivity contribution in [3.8, 4) is 11.3 Å². The average Bonchev–Trinajstić information content (AvgIpc) is 2.87. The minimum absolute atomic E-state index is 1.06. The molecule has 0 aliphatic rings. The van der Waals surface area contributed by atoms with Crippen molar-refractivity contribution in [1.29, 1.82) is 0 Å². The summed E-state index contributed by atoms with van der Waals surface area (Å²) in [6, 6.07) is 16.9. The first-order chi connectivity index (χ1) is 9.36. The molecule has 3 aromatic rings. The van der Waals surface area contributed by atoms with Crippen LogP contribution in [0, 0.1) is 0 Å². The summed E-state index contributed by atoms with van der Waals surface area (Å²) < 4.78 is 1.37. The number of aromatic nitrogens is 1. The van der Waals surface area contributed by atoms with Gasteiger partial charge in [0.2, 0.25) is 0 Å². The average molecular weight is 285 g/mol. The van der Waals surface area contributed by atoms with Gasteiger partial charge in [0.05, 0.1) is 9.90 Å². The number of fused-ring (bicyclic) bond motifs is 1. The minimum Gasteiger partial charge on any atom is -0.237 e. The summed E-state index contributed by atoms with van der Waals surface area (Å²) in [5, 5.41) is 1.25. The maximum absolute atomic E-state index is 4.78. The third-order valence-corrected chi connectivity index (χ3v) is 5.34. The third kappa shape index (κ3) is 2.82. The molecule has 0 unspecified atom stereocenters. The molecule has 3 rings (SSSR count). The van der Waals surface area contributed by atoms with Crippen LogP contribution >= 0.6 is 23.1 Å².